The summed E-state index contributed by atoms with van der Waals surface area (Å²) in [5.41, 5.74) is 2.78. The summed E-state index contributed by atoms with van der Waals surface area (Å²) in [7, 11) is 0. The summed E-state index contributed by atoms with van der Waals surface area (Å²) in [5.74, 6) is 1.13. The molecule has 1 aliphatic rings. The first kappa shape index (κ1) is 13.5. The number of rotatable bonds is 3. The van der Waals surface area contributed by atoms with Crippen molar-refractivity contribution in [3.63, 3.8) is 0 Å². The highest BCUT2D eigenvalue weighted by Gasteiger charge is 2.28. The topological polar surface area (TPSA) is 46.1 Å². The number of aromatic nitrogens is 2. The first-order valence-corrected chi connectivity index (χ1v) is 7.00. The Labute approximate surface area is 124 Å². The second-order valence-corrected chi connectivity index (χ2v) is 5.24. The molecular weight excluding hydrogens is 262 g/mol. The SMILES string of the molecule is C=CC1CC(=O)N(c2cccc(-c3ccnc(C)n3)c2)C1. The van der Waals surface area contributed by atoms with Gasteiger partial charge in [0.15, 0.2) is 0 Å². The Morgan fingerprint density at radius 3 is 2.95 bits per heavy atom. The lowest BCUT2D eigenvalue weighted by Gasteiger charge is -2.17. The largest absolute Gasteiger partial charge is 0.312 e. The number of hydrogen-bond donors (Lipinski definition) is 0. The fourth-order valence-electron chi connectivity index (χ4n) is 2.59. The van der Waals surface area contributed by atoms with Gasteiger partial charge in [-0.05, 0) is 25.1 Å². The number of hydrogen-bond acceptors (Lipinski definition) is 3. The van der Waals surface area contributed by atoms with Crippen LogP contribution < -0.4 is 4.90 Å². The lowest BCUT2D eigenvalue weighted by Crippen LogP contribution is -2.24. The summed E-state index contributed by atoms with van der Waals surface area (Å²) in [6, 6.07) is 9.80. The second kappa shape index (κ2) is 5.48. The monoisotopic (exact) mass is 279 g/mol. The van der Waals surface area contributed by atoms with Crippen LogP contribution in [0.2, 0.25) is 0 Å². The van der Waals surface area contributed by atoms with E-state index in [1.165, 1.54) is 0 Å². The predicted molar refractivity (Wildman–Crippen MR) is 82.9 cm³/mol. The molecule has 1 unspecified atom stereocenters. The zero-order valence-corrected chi connectivity index (χ0v) is 12.0. The molecule has 2 heterocycles. The van der Waals surface area contributed by atoms with Gasteiger partial charge >= 0.3 is 0 Å². The zero-order valence-electron chi connectivity index (χ0n) is 12.0. The molecule has 3 rings (SSSR count). The number of carbonyl (C=O) groups is 1. The molecule has 1 amide bonds. The van der Waals surface area contributed by atoms with Crippen LogP contribution in [-0.4, -0.2) is 22.4 Å². The molecule has 2 aromatic rings. The van der Waals surface area contributed by atoms with Gasteiger partial charge in [0.05, 0.1) is 5.69 Å². The third-order valence-corrected chi connectivity index (χ3v) is 3.72. The molecule has 0 bridgehead atoms. The molecule has 21 heavy (non-hydrogen) atoms. The van der Waals surface area contributed by atoms with E-state index in [-0.39, 0.29) is 11.8 Å². The van der Waals surface area contributed by atoms with Gasteiger partial charge in [0.1, 0.15) is 5.82 Å². The van der Waals surface area contributed by atoms with Crippen LogP contribution in [0.25, 0.3) is 11.3 Å². The standard InChI is InChI=1S/C17H17N3O/c1-3-13-9-17(21)20(11-13)15-6-4-5-14(10-15)16-7-8-18-12(2)19-16/h3-8,10,13H,1,9,11H2,2H3. The normalized spacial score (nSPS) is 18.0. The molecule has 1 atom stereocenters. The van der Waals surface area contributed by atoms with E-state index >= 15 is 0 Å². The van der Waals surface area contributed by atoms with Crippen molar-refractivity contribution in [1.82, 2.24) is 9.97 Å². The lowest BCUT2D eigenvalue weighted by molar-refractivity contribution is -0.117. The molecule has 4 nitrogen and oxygen atoms in total. The van der Waals surface area contributed by atoms with Crippen molar-refractivity contribution in [3.8, 4) is 11.3 Å². The van der Waals surface area contributed by atoms with Gasteiger partial charge in [-0.15, -0.1) is 6.58 Å². The molecule has 0 saturated carbocycles. The minimum absolute atomic E-state index is 0.149. The Bertz CT molecular complexity index is 696. The summed E-state index contributed by atoms with van der Waals surface area (Å²) in [5, 5.41) is 0. The molecule has 0 N–H and O–H groups in total. The van der Waals surface area contributed by atoms with Gasteiger partial charge in [-0.25, -0.2) is 9.97 Å². The van der Waals surface area contributed by atoms with E-state index in [4.69, 9.17) is 0 Å². The maximum atomic E-state index is 12.1. The van der Waals surface area contributed by atoms with Gasteiger partial charge in [0.25, 0.3) is 0 Å². The van der Waals surface area contributed by atoms with Crippen molar-refractivity contribution in [2.24, 2.45) is 5.92 Å². The molecule has 1 aliphatic heterocycles. The minimum Gasteiger partial charge on any atom is -0.312 e. The highest BCUT2D eigenvalue weighted by atomic mass is 16.2. The summed E-state index contributed by atoms with van der Waals surface area (Å²) < 4.78 is 0. The van der Waals surface area contributed by atoms with Crippen molar-refractivity contribution < 1.29 is 4.79 Å². The van der Waals surface area contributed by atoms with Gasteiger partial charge in [-0.3, -0.25) is 4.79 Å². The molecule has 1 aromatic heterocycles. The Morgan fingerprint density at radius 2 is 2.24 bits per heavy atom. The van der Waals surface area contributed by atoms with Crippen LogP contribution in [0.15, 0.2) is 49.2 Å². The first-order valence-electron chi connectivity index (χ1n) is 7.00. The van der Waals surface area contributed by atoms with Crippen molar-refractivity contribution in [3.05, 3.63) is 55.0 Å². The zero-order chi connectivity index (χ0) is 14.8. The lowest BCUT2D eigenvalue weighted by atomic mass is 10.1. The van der Waals surface area contributed by atoms with Crippen LogP contribution in [0, 0.1) is 12.8 Å². The summed E-state index contributed by atoms with van der Waals surface area (Å²) in [6.45, 7) is 6.35. The second-order valence-electron chi connectivity index (χ2n) is 5.24. The molecule has 4 heteroatoms. The van der Waals surface area contributed by atoms with E-state index < -0.39 is 0 Å². The van der Waals surface area contributed by atoms with Gasteiger partial charge in [0.2, 0.25) is 5.91 Å². The number of benzene rings is 1. The molecular formula is C17H17N3O. The summed E-state index contributed by atoms with van der Waals surface area (Å²) >= 11 is 0. The molecule has 106 valence electrons. The molecule has 1 aromatic carbocycles. The van der Waals surface area contributed by atoms with Crippen molar-refractivity contribution in [2.45, 2.75) is 13.3 Å². The first-order chi connectivity index (χ1) is 10.2. The van der Waals surface area contributed by atoms with Crippen LogP contribution in [0.5, 0.6) is 0 Å². The van der Waals surface area contributed by atoms with Gasteiger partial charge < -0.3 is 4.90 Å². The predicted octanol–water partition coefficient (Wildman–Crippen LogP) is 2.99. The number of nitrogens with zero attached hydrogens (tertiary/aromatic N) is 3. The quantitative estimate of drug-likeness (QED) is 0.811. The molecule has 0 radical (unpaired) electrons. The van der Waals surface area contributed by atoms with Crippen molar-refractivity contribution in [1.29, 1.82) is 0 Å². The van der Waals surface area contributed by atoms with E-state index in [0.717, 1.165) is 22.8 Å². The van der Waals surface area contributed by atoms with Crippen molar-refractivity contribution >= 4 is 11.6 Å². The van der Waals surface area contributed by atoms with Gasteiger partial charge in [-0.2, -0.15) is 0 Å². The van der Waals surface area contributed by atoms with Crippen LogP contribution >= 0.6 is 0 Å². The van der Waals surface area contributed by atoms with E-state index in [1.807, 2.05) is 48.2 Å². The average Bonchev–Trinajstić information content (AvgIpc) is 2.89. The molecule has 0 spiro atoms. The van der Waals surface area contributed by atoms with Crippen LogP contribution in [0.3, 0.4) is 0 Å². The smallest absolute Gasteiger partial charge is 0.227 e. The highest BCUT2D eigenvalue weighted by Crippen LogP contribution is 2.28. The number of amides is 1. The fourth-order valence-corrected chi connectivity index (χ4v) is 2.59. The van der Waals surface area contributed by atoms with Crippen LogP contribution in [-0.2, 0) is 4.79 Å². The van der Waals surface area contributed by atoms with Gasteiger partial charge in [0, 0.05) is 36.3 Å². The Kier molecular flexibility index (Phi) is 3.52. The number of carbonyl (C=O) groups excluding carboxylic acids is 1. The van der Waals surface area contributed by atoms with E-state index in [2.05, 4.69) is 16.5 Å². The maximum Gasteiger partial charge on any atom is 0.227 e. The Morgan fingerprint density at radius 1 is 1.38 bits per heavy atom. The van der Waals surface area contributed by atoms with Crippen LogP contribution in [0.4, 0.5) is 5.69 Å². The van der Waals surface area contributed by atoms with Crippen LogP contribution in [0.1, 0.15) is 12.2 Å². The molecule has 1 fully saturated rings. The van der Waals surface area contributed by atoms with Crippen molar-refractivity contribution in [2.75, 3.05) is 11.4 Å². The number of aryl methyl sites for hydroxylation is 1. The summed E-state index contributed by atoms with van der Waals surface area (Å²) in [6.07, 6.45) is 4.15. The Balaban J connectivity index is 1.94. The number of anilines is 1. The maximum absolute atomic E-state index is 12.1. The van der Waals surface area contributed by atoms with E-state index in [9.17, 15) is 4.79 Å². The van der Waals surface area contributed by atoms with E-state index in [1.54, 1.807) is 6.20 Å². The fraction of sp³-hybridized carbons (Fsp3) is 0.235. The minimum atomic E-state index is 0.149. The third kappa shape index (κ3) is 2.70. The van der Waals surface area contributed by atoms with E-state index in [0.29, 0.717) is 13.0 Å². The molecule has 1 saturated heterocycles. The summed E-state index contributed by atoms with van der Waals surface area (Å²) in [4.78, 5) is 22.5. The van der Waals surface area contributed by atoms with Gasteiger partial charge in [-0.1, -0.05) is 18.2 Å². The molecule has 0 aliphatic carbocycles. The highest BCUT2D eigenvalue weighted by molar-refractivity contribution is 5.96. The third-order valence-electron chi connectivity index (χ3n) is 3.72. The average molecular weight is 279 g/mol. The Hall–Kier alpha value is -2.49.